The number of aliphatic hydroxyl groups is 1. The SMILES string of the molecule is CCCCCCCCCCCCCCCCCCC(=O)OC[C@H](COP(=O)(O)OC[C@@H](O)COP(=O)(O)OC[C@@H](COC(=O)CCCCCCCCCC)OC(=O)CCCCCCCCCCCC(C)C)OC(=O)CCCCCCCCCCCCCCCCCC(C)C. The summed E-state index contributed by atoms with van der Waals surface area (Å²) in [4.78, 5) is 72.7. The number of hydrogen-bond donors (Lipinski definition) is 3. The fourth-order valence-corrected chi connectivity index (χ4v) is 13.1. The molecule has 0 rings (SSSR count). The Morgan fingerprint density at radius 1 is 0.287 bits per heavy atom. The van der Waals surface area contributed by atoms with Crippen LogP contribution in [0, 0.1) is 11.8 Å². The first kappa shape index (κ1) is 92.1. The first-order chi connectivity index (χ1) is 45.4. The van der Waals surface area contributed by atoms with Gasteiger partial charge < -0.3 is 33.8 Å². The highest BCUT2D eigenvalue weighted by atomic mass is 31.2. The Hall–Kier alpha value is -1.94. The van der Waals surface area contributed by atoms with Crippen LogP contribution in [0.15, 0.2) is 0 Å². The summed E-state index contributed by atoms with van der Waals surface area (Å²) in [5, 5.41) is 10.6. The van der Waals surface area contributed by atoms with Gasteiger partial charge in [0.2, 0.25) is 0 Å². The molecule has 0 aromatic carbocycles. The van der Waals surface area contributed by atoms with E-state index in [0.717, 1.165) is 108 Å². The van der Waals surface area contributed by atoms with Crippen LogP contribution < -0.4 is 0 Å². The summed E-state index contributed by atoms with van der Waals surface area (Å²) in [6.45, 7) is 9.57. The van der Waals surface area contributed by atoms with E-state index in [9.17, 15) is 43.2 Å². The highest BCUT2D eigenvalue weighted by Gasteiger charge is 2.30. The largest absolute Gasteiger partial charge is 0.472 e. The van der Waals surface area contributed by atoms with Crippen LogP contribution in [0.25, 0.3) is 0 Å². The summed E-state index contributed by atoms with van der Waals surface area (Å²) in [5.74, 6) is -0.580. The van der Waals surface area contributed by atoms with Crippen molar-refractivity contribution in [2.24, 2.45) is 11.8 Å². The summed E-state index contributed by atoms with van der Waals surface area (Å²) in [5.41, 5.74) is 0. The molecule has 0 aliphatic carbocycles. The topological polar surface area (TPSA) is 237 Å². The molecule has 0 radical (unpaired) electrons. The predicted molar refractivity (Wildman–Crippen MR) is 381 cm³/mol. The van der Waals surface area contributed by atoms with E-state index in [1.54, 1.807) is 0 Å². The van der Waals surface area contributed by atoms with Gasteiger partial charge in [-0.2, -0.15) is 0 Å². The summed E-state index contributed by atoms with van der Waals surface area (Å²) in [6.07, 6.45) is 54.2. The van der Waals surface area contributed by atoms with Crippen molar-refractivity contribution in [3.05, 3.63) is 0 Å². The van der Waals surface area contributed by atoms with Gasteiger partial charge in [-0.25, -0.2) is 9.13 Å². The molecular formula is C75H146O17P2. The smallest absolute Gasteiger partial charge is 0.462 e. The number of carbonyl (C=O) groups is 4. The van der Waals surface area contributed by atoms with Crippen LogP contribution in [-0.2, 0) is 65.4 Å². The predicted octanol–water partition coefficient (Wildman–Crippen LogP) is 21.9. The zero-order chi connectivity index (χ0) is 69.3. The molecule has 0 aliphatic rings. The molecule has 0 bridgehead atoms. The van der Waals surface area contributed by atoms with Crippen LogP contribution in [-0.4, -0.2) is 96.7 Å². The molecule has 0 spiro atoms. The minimum atomic E-state index is -4.96. The summed E-state index contributed by atoms with van der Waals surface area (Å²) >= 11 is 0. The Kier molecular flexibility index (Phi) is 65.5. The van der Waals surface area contributed by atoms with Gasteiger partial charge >= 0.3 is 39.5 Å². The van der Waals surface area contributed by atoms with Crippen molar-refractivity contribution in [2.75, 3.05) is 39.6 Å². The third-order valence-corrected chi connectivity index (χ3v) is 19.4. The quantitative estimate of drug-likeness (QED) is 0.0222. The molecular weight excluding hydrogens is 1230 g/mol. The molecule has 0 aliphatic heterocycles. The molecule has 5 atom stereocenters. The van der Waals surface area contributed by atoms with Gasteiger partial charge in [-0.3, -0.25) is 37.3 Å². The average Bonchev–Trinajstić information content (AvgIpc) is 1.39. The molecule has 558 valence electrons. The van der Waals surface area contributed by atoms with Gasteiger partial charge in [0, 0.05) is 25.7 Å². The van der Waals surface area contributed by atoms with Crippen LogP contribution in [0.2, 0.25) is 0 Å². The minimum absolute atomic E-state index is 0.105. The van der Waals surface area contributed by atoms with Gasteiger partial charge in [-0.1, -0.05) is 337 Å². The highest BCUT2D eigenvalue weighted by molar-refractivity contribution is 7.47. The highest BCUT2D eigenvalue weighted by Crippen LogP contribution is 2.45. The molecule has 17 nitrogen and oxygen atoms in total. The lowest BCUT2D eigenvalue weighted by Gasteiger charge is -2.21. The fraction of sp³-hybridized carbons (Fsp3) is 0.947. The third kappa shape index (κ3) is 68.6. The van der Waals surface area contributed by atoms with E-state index in [2.05, 4.69) is 41.5 Å². The van der Waals surface area contributed by atoms with Crippen LogP contribution in [0.3, 0.4) is 0 Å². The summed E-state index contributed by atoms with van der Waals surface area (Å²) in [6, 6.07) is 0. The first-order valence-corrected chi connectivity index (χ1v) is 42.0. The molecule has 0 heterocycles. The van der Waals surface area contributed by atoms with Gasteiger partial charge in [0.25, 0.3) is 0 Å². The van der Waals surface area contributed by atoms with Crippen molar-refractivity contribution >= 4 is 39.5 Å². The number of phosphoric acid groups is 2. The number of aliphatic hydroxyl groups excluding tert-OH is 1. The zero-order valence-electron chi connectivity index (χ0n) is 61.3. The Labute approximate surface area is 575 Å². The van der Waals surface area contributed by atoms with Crippen molar-refractivity contribution in [2.45, 2.75) is 407 Å². The zero-order valence-corrected chi connectivity index (χ0v) is 63.1. The lowest BCUT2D eigenvalue weighted by molar-refractivity contribution is -0.161. The Morgan fingerprint density at radius 2 is 0.489 bits per heavy atom. The molecule has 0 saturated carbocycles. The van der Waals surface area contributed by atoms with Crippen molar-refractivity contribution in [3.63, 3.8) is 0 Å². The van der Waals surface area contributed by atoms with E-state index in [4.69, 9.17) is 37.0 Å². The lowest BCUT2D eigenvalue weighted by atomic mass is 10.0. The molecule has 0 aromatic rings. The summed E-state index contributed by atoms with van der Waals surface area (Å²) in [7, 11) is -9.91. The number of phosphoric ester groups is 2. The molecule has 3 N–H and O–H groups in total. The van der Waals surface area contributed by atoms with Crippen LogP contribution in [0.5, 0.6) is 0 Å². The van der Waals surface area contributed by atoms with Gasteiger partial charge in [-0.15, -0.1) is 0 Å². The number of carbonyl (C=O) groups excluding carboxylic acids is 4. The van der Waals surface area contributed by atoms with Crippen molar-refractivity contribution in [1.29, 1.82) is 0 Å². The number of rotatable bonds is 74. The van der Waals surface area contributed by atoms with Crippen molar-refractivity contribution < 1.29 is 80.2 Å². The van der Waals surface area contributed by atoms with E-state index < -0.39 is 97.5 Å². The Morgan fingerprint density at radius 3 is 0.723 bits per heavy atom. The van der Waals surface area contributed by atoms with Gasteiger partial charge in [-0.05, 0) is 37.5 Å². The number of ether oxygens (including phenoxy) is 4. The van der Waals surface area contributed by atoms with E-state index in [1.165, 1.54) is 199 Å². The van der Waals surface area contributed by atoms with Crippen LogP contribution >= 0.6 is 15.6 Å². The lowest BCUT2D eigenvalue weighted by Crippen LogP contribution is -2.30. The number of hydrogen-bond acceptors (Lipinski definition) is 15. The molecule has 0 fully saturated rings. The molecule has 0 saturated heterocycles. The monoisotopic (exact) mass is 1380 g/mol. The Balaban J connectivity index is 5.21. The average molecular weight is 1380 g/mol. The third-order valence-electron chi connectivity index (χ3n) is 17.5. The van der Waals surface area contributed by atoms with Gasteiger partial charge in [0.05, 0.1) is 26.4 Å². The minimum Gasteiger partial charge on any atom is -0.462 e. The second kappa shape index (κ2) is 66.9. The maximum atomic E-state index is 13.1. The molecule has 2 unspecified atom stereocenters. The molecule has 19 heteroatoms. The molecule has 0 amide bonds. The maximum Gasteiger partial charge on any atom is 0.472 e. The van der Waals surface area contributed by atoms with E-state index in [-0.39, 0.29) is 25.7 Å². The van der Waals surface area contributed by atoms with Gasteiger partial charge in [0.1, 0.15) is 19.3 Å². The normalized spacial score (nSPS) is 14.0. The van der Waals surface area contributed by atoms with E-state index >= 15 is 0 Å². The van der Waals surface area contributed by atoms with E-state index in [0.29, 0.717) is 25.7 Å². The molecule has 94 heavy (non-hydrogen) atoms. The first-order valence-electron chi connectivity index (χ1n) is 39.0. The standard InChI is InChI=1S/C75H146O17P2/c1-7-9-11-13-15-17-18-19-20-23-26-29-34-40-46-52-58-73(78)86-64-71(91-74(79)59-53-47-41-35-30-27-24-21-22-25-28-32-37-43-49-55-67(3)4)66-90-94(83,84)88-62-69(76)61-87-93(81,82)89-65-70(63-85-72(77)57-51-45-39-16-14-12-10-8-2)92-75(80)60-54-48-42-36-31-33-38-44-50-56-68(5)6/h67-71,76H,7-66H2,1-6H3,(H,81,82)(H,83,84)/t69-,70+,71+/m0/s1. The van der Waals surface area contributed by atoms with E-state index in [1.807, 2.05) is 0 Å². The molecule has 0 aromatic heterocycles. The number of unbranched alkanes of at least 4 members (excludes halogenated alkanes) is 44. The van der Waals surface area contributed by atoms with Crippen molar-refractivity contribution in [3.8, 4) is 0 Å². The number of esters is 4. The van der Waals surface area contributed by atoms with Crippen LogP contribution in [0.4, 0.5) is 0 Å². The van der Waals surface area contributed by atoms with Gasteiger partial charge in [0.15, 0.2) is 12.2 Å². The second-order valence-electron chi connectivity index (χ2n) is 28.0. The fourth-order valence-electron chi connectivity index (χ4n) is 11.5. The maximum absolute atomic E-state index is 13.1. The Bertz CT molecular complexity index is 1820. The van der Waals surface area contributed by atoms with Crippen LogP contribution in [0.1, 0.15) is 388 Å². The second-order valence-corrected chi connectivity index (χ2v) is 30.9. The summed E-state index contributed by atoms with van der Waals surface area (Å²) < 4.78 is 68.4. The van der Waals surface area contributed by atoms with Crippen molar-refractivity contribution in [1.82, 2.24) is 0 Å².